The van der Waals surface area contributed by atoms with Gasteiger partial charge in [-0.25, -0.2) is 18.0 Å². The quantitative estimate of drug-likeness (QED) is 0.548. The maximum absolute atomic E-state index is 12.9. The fraction of sp³-hybridized carbons (Fsp3) is 0.250. The molecule has 0 aromatic heterocycles. The third-order valence-electron chi connectivity index (χ3n) is 4.11. The highest BCUT2D eigenvalue weighted by Gasteiger charge is 2.25. The maximum atomic E-state index is 12.9. The first-order valence-electron chi connectivity index (χ1n) is 9.08. The number of carbonyl (C=O) groups is 3. The van der Waals surface area contributed by atoms with Gasteiger partial charge in [-0.3, -0.25) is 14.8 Å². The molecule has 2 aromatic rings. The van der Waals surface area contributed by atoms with Gasteiger partial charge in [0.2, 0.25) is 0 Å². The Morgan fingerprint density at radius 2 is 1.68 bits per heavy atom. The standard InChI is InChI=1S/C20H23N3O7S/c1-12-5-8-15(9-6-12)23-31(27,28)17-11-14(7-10-16(17)29-4)19(25)30-13(2)18(24)22-20(26)21-3/h5-11,13,23H,1-4H3,(H2,21,22,24,26). The Hall–Kier alpha value is -3.60. The van der Waals surface area contributed by atoms with Gasteiger partial charge in [-0.05, 0) is 44.2 Å². The predicted octanol–water partition coefficient (Wildman–Crippen LogP) is 1.81. The van der Waals surface area contributed by atoms with E-state index in [2.05, 4.69) is 10.0 Å². The van der Waals surface area contributed by atoms with E-state index < -0.39 is 34.0 Å². The number of aryl methyl sites for hydroxylation is 1. The number of hydrogen-bond donors (Lipinski definition) is 3. The molecule has 0 bridgehead atoms. The second-order valence-electron chi connectivity index (χ2n) is 6.45. The number of urea groups is 1. The second kappa shape index (κ2) is 9.94. The number of hydrogen-bond acceptors (Lipinski definition) is 7. The number of methoxy groups -OCH3 is 1. The molecule has 0 spiro atoms. The Morgan fingerprint density at radius 3 is 2.26 bits per heavy atom. The number of anilines is 1. The Kier molecular flexibility index (Phi) is 7.59. The fourth-order valence-corrected chi connectivity index (χ4v) is 3.66. The molecule has 1 atom stereocenters. The number of nitrogens with one attached hydrogen (secondary N) is 3. The van der Waals surface area contributed by atoms with Gasteiger partial charge < -0.3 is 14.8 Å². The van der Waals surface area contributed by atoms with Gasteiger partial charge in [-0.15, -0.1) is 0 Å². The number of benzene rings is 2. The summed E-state index contributed by atoms with van der Waals surface area (Å²) in [5.74, 6) is -1.77. The number of esters is 1. The summed E-state index contributed by atoms with van der Waals surface area (Å²) in [6, 6.07) is 9.62. The first-order valence-corrected chi connectivity index (χ1v) is 10.6. The molecule has 166 valence electrons. The number of amides is 3. The Bertz CT molecular complexity index is 1080. The van der Waals surface area contributed by atoms with E-state index in [1.807, 2.05) is 12.2 Å². The van der Waals surface area contributed by atoms with Crippen molar-refractivity contribution >= 4 is 33.6 Å². The molecule has 3 N–H and O–H groups in total. The van der Waals surface area contributed by atoms with Crippen LogP contribution in [0.4, 0.5) is 10.5 Å². The third kappa shape index (κ3) is 6.19. The van der Waals surface area contributed by atoms with E-state index in [0.717, 1.165) is 11.6 Å². The smallest absolute Gasteiger partial charge is 0.338 e. The number of carbonyl (C=O) groups excluding carboxylic acids is 3. The average Bonchev–Trinajstić information content (AvgIpc) is 2.74. The number of rotatable bonds is 7. The molecule has 0 aliphatic carbocycles. The number of ether oxygens (including phenoxy) is 2. The van der Waals surface area contributed by atoms with Crippen molar-refractivity contribution in [3.63, 3.8) is 0 Å². The molecule has 3 amide bonds. The van der Waals surface area contributed by atoms with Crippen molar-refractivity contribution in [2.24, 2.45) is 0 Å². The molecule has 0 saturated heterocycles. The minimum Gasteiger partial charge on any atom is -0.495 e. The van der Waals surface area contributed by atoms with Crippen molar-refractivity contribution < 1.29 is 32.3 Å². The van der Waals surface area contributed by atoms with Crippen molar-refractivity contribution in [3.05, 3.63) is 53.6 Å². The first-order chi connectivity index (χ1) is 14.6. The Labute approximate surface area is 180 Å². The van der Waals surface area contributed by atoms with Crippen molar-refractivity contribution in [2.45, 2.75) is 24.8 Å². The lowest BCUT2D eigenvalue weighted by Crippen LogP contribution is -2.43. The van der Waals surface area contributed by atoms with E-state index in [9.17, 15) is 22.8 Å². The normalized spacial score (nSPS) is 11.7. The topological polar surface area (TPSA) is 140 Å². The second-order valence-corrected chi connectivity index (χ2v) is 8.10. The highest BCUT2D eigenvalue weighted by molar-refractivity contribution is 7.92. The highest BCUT2D eigenvalue weighted by atomic mass is 32.2. The van der Waals surface area contributed by atoms with Crippen LogP contribution >= 0.6 is 0 Å². The minimum absolute atomic E-state index is 0.0153. The molecule has 0 radical (unpaired) electrons. The summed E-state index contributed by atoms with van der Waals surface area (Å²) in [7, 11) is -1.49. The van der Waals surface area contributed by atoms with Gasteiger partial charge >= 0.3 is 12.0 Å². The molecule has 0 aliphatic heterocycles. The molecule has 0 aliphatic rings. The van der Waals surface area contributed by atoms with Gasteiger partial charge in [-0.1, -0.05) is 17.7 Å². The van der Waals surface area contributed by atoms with E-state index in [4.69, 9.17) is 9.47 Å². The summed E-state index contributed by atoms with van der Waals surface area (Å²) in [6.07, 6.45) is -1.29. The van der Waals surface area contributed by atoms with E-state index in [1.54, 1.807) is 24.3 Å². The van der Waals surface area contributed by atoms with Crippen LogP contribution in [-0.4, -0.2) is 46.6 Å². The van der Waals surface area contributed by atoms with Crippen LogP contribution < -0.4 is 20.1 Å². The molecule has 31 heavy (non-hydrogen) atoms. The number of sulfonamides is 1. The Morgan fingerprint density at radius 1 is 1.03 bits per heavy atom. The molecule has 11 heteroatoms. The van der Waals surface area contributed by atoms with Gasteiger partial charge in [0.25, 0.3) is 15.9 Å². The van der Waals surface area contributed by atoms with Gasteiger partial charge in [0.05, 0.1) is 12.7 Å². The summed E-state index contributed by atoms with van der Waals surface area (Å²) in [5.41, 5.74) is 1.17. The van der Waals surface area contributed by atoms with Crippen molar-refractivity contribution in [2.75, 3.05) is 18.9 Å². The van der Waals surface area contributed by atoms with Crippen molar-refractivity contribution in [1.82, 2.24) is 10.6 Å². The zero-order valence-corrected chi connectivity index (χ0v) is 18.2. The third-order valence-corrected chi connectivity index (χ3v) is 5.51. The zero-order chi connectivity index (χ0) is 23.2. The first kappa shape index (κ1) is 23.7. The van der Waals surface area contributed by atoms with Crippen LogP contribution in [0.3, 0.4) is 0 Å². The molecule has 0 saturated carbocycles. The summed E-state index contributed by atoms with van der Waals surface area (Å²) in [6.45, 7) is 3.14. The Balaban J connectivity index is 2.26. The lowest BCUT2D eigenvalue weighted by atomic mass is 10.2. The van der Waals surface area contributed by atoms with Crippen LogP contribution in [0.1, 0.15) is 22.8 Å². The summed E-state index contributed by atoms with van der Waals surface area (Å²) in [4.78, 5) is 35.2. The number of imide groups is 1. The molecular formula is C20H23N3O7S. The van der Waals surface area contributed by atoms with Crippen LogP contribution in [0.15, 0.2) is 47.4 Å². The lowest BCUT2D eigenvalue weighted by Gasteiger charge is -2.15. The molecule has 2 rings (SSSR count). The van der Waals surface area contributed by atoms with Gasteiger partial charge in [0, 0.05) is 12.7 Å². The average molecular weight is 449 g/mol. The molecule has 0 fully saturated rings. The van der Waals surface area contributed by atoms with Gasteiger partial charge in [0.1, 0.15) is 10.6 Å². The van der Waals surface area contributed by atoms with Crippen LogP contribution in [0.2, 0.25) is 0 Å². The minimum atomic E-state index is -4.10. The lowest BCUT2D eigenvalue weighted by molar-refractivity contribution is -0.127. The maximum Gasteiger partial charge on any atom is 0.338 e. The summed E-state index contributed by atoms with van der Waals surface area (Å²) < 4.78 is 38.3. The van der Waals surface area contributed by atoms with E-state index >= 15 is 0 Å². The zero-order valence-electron chi connectivity index (χ0n) is 17.4. The molecule has 2 aromatic carbocycles. The van der Waals surface area contributed by atoms with Crippen LogP contribution in [0.25, 0.3) is 0 Å². The van der Waals surface area contributed by atoms with Crippen molar-refractivity contribution in [3.8, 4) is 5.75 Å². The van der Waals surface area contributed by atoms with E-state index in [1.165, 1.54) is 33.2 Å². The molecule has 1 unspecified atom stereocenters. The van der Waals surface area contributed by atoms with Crippen LogP contribution in [0, 0.1) is 6.92 Å². The van der Waals surface area contributed by atoms with E-state index in [-0.39, 0.29) is 16.2 Å². The van der Waals surface area contributed by atoms with Crippen LogP contribution in [0.5, 0.6) is 5.75 Å². The molecule has 10 nitrogen and oxygen atoms in total. The molecule has 0 heterocycles. The van der Waals surface area contributed by atoms with Gasteiger partial charge in [-0.2, -0.15) is 0 Å². The highest BCUT2D eigenvalue weighted by Crippen LogP contribution is 2.27. The van der Waals surface area contributed by atoms with Crippen molar-refractivity contribution in [1.29, 1.82) is 0 Å². The predicted molar refractivity (Wildman–Crippen MR) is 112 cm³/mol. The summed E-state index contributed by atoms with van der Waals surface area (Å²) >= 11 is 0. The van der Waals surface area contributed by atoms with Gasteiger partial charge in [0.15, 0.2) is 6.10 Å². The SMILES string of the molecule is CNC(=O)NC(=O)C(C)OC(=O)c1ccc(OC)c(S(=O)(=O)Nc2ccc(C)cc2)c1. The largest absolute Gasteiger partial charge is 0.495 e. The molecular weight excluding hydrogens is 426 g/mol. The van der Waals surface area contributed by atoms with E-state index in [0.29, 0.717) is 5.69 Å². The summed E-state index contributed by atoms with van der Waals surface area (Å²) in [5, 5.41) is 4.18. The monoisotopic (exact) mass is 449 g/mol. The fourth-order valence-electron chi connectivity index (χ4n) is 2.40. The van der Waals surface area contributed by atoms with Crippen LogP contribution in [-0.2, 0) is 19.6 Å².